The Bertz CT molecular complexity index is 414. The summed E-state index contributed by atoms with van der Waals surface area (Å²) < 4.78 is 7.66. The first-order valence-electron chi connectivity index (χ1n) is 6.74. The van der Waals surface area contributed by atoms with E-state index in [9.17, 15) is 0 Å². The van der Waals surface area contributed by atoms with E-state index in [4.69, 9.17) is 9.84 Å². The topological polar surface area (TPSA) is 53.5 Å². The predicted octanol–water partition coefficient (Wildman–Crippen LogP) is 2.67. The first-order valence-corrected chi connectivity index (χ1v) is 8.33. The van der Waals surface area contributed by atoms with E-state index in [0.29, 0.717) is 13.2 Å². The van der Waals surface area contributed by atoms with E-state index in [1.807, 2.05) is 13.0 Å². The lowest BCUT2D eigenvalue weighted by atomic mass is 10.2. The maximum absolute atomic E-state index is 9.13. The minimum Gasteiger partial charge on any atom is -0.492 e. The molecule has 0 aliphatic carbocycles. The molecule has 0 heterocycles. The Labute approximate surface area is 137 Å². The highest BCUT2D eigenvalue weighted by Gasteiger charge is 2.09. The lowest BCUT2D eigenvalue weighted by molar-refractivity contribution is 0.191. The molecular weight excluding hydrogens is 388 g/mol. The van der Waals surface area contributed by atoms with Crippen LogP contribution in [0.2, 0.25) is 0 Å². The largest absolute Gasteiger partial charge is 0.492 e. The van der Waals surface area contributed by atoms with Gasteiger partial charge in [0.05, 0.1) is 17.2 Å². The van der Waals surface area contributed by atoms with Gasteiger partial charge in [0.25, 0.3) is 0 Å². The summed E-state index contributed by atoms with van der Waals surface area (Å²) in [4.78, 5) is 0. The second-order valence-corrected chi connectivity index (χ2v) is 6.31. The fourth-order valence-electron chi connectivity index (χ4n) is 1.76. The average Bonchev–Trinajstić information content (AvgIpc) is 2.37. The van der Waals surface area contributed by atoms with Gasteiger partial charge in [-0.3, -0.25) is 0 Å². The Hall–Kier alpha value is -0.140. The number of rotatable bonds is 9. The molecule has 0 unspecified atom stereocenters. The van der Waals surface area contributed by atoms with Gasteiger partial charge in [-0.05, 0) is 41.9 Å². The third-order valence-corrected chi connectivity index (χ3v) is 3.65. The first kappa shape index (κ1) is 17.9. The van der Waals surface area contributed by atoms with Crippen LogP contribution in [-0.4, -0.2) is 37.5 Å². The number of ether oxygens (including phenoxy) is 1. The van der Waals surface area contributed by atoms with E-state index in [-0.39, 0.29) is 6.10 Å². The van der Waals surface area contributed by atoms with Crippen LogP contribution in [0.4, 0.5) is 0 Å². The van der Waals surface area contributed by atoms with Gasteiger partial charge in [0.15, 0.2) is 0 Å². The molecule has 0 saturated carbocycles. The molecule has 0 aliphatic heterocycles. The Morgan fingerprint density at radius 3 is 2.60 bits per heavy atom. The number of hydrogen-bond donors (Lipinski definition) is 3. The van der Waals surface area contributed by atoms with Crippen LogP contribution >= 0.6 is 31.9 Å². The van der Waals surface area contributed by atoms with Gasteiger partial charge >= 0.3 is 0 Å². The van der Waals surface area contributed by atoms with Crippen molar-refractivity contribution in [3.05, 3.63) is 26.6 Å². The van der Waals surface area contributed by atoms with Crippen molar-refractivity contribution < 1.29 is 9.84 Å². The lowest BCUT2D eigenvalue weighted by Gasteiger charge is -2.14. The molecule has 0 aliphatic rings. The fourth-order valence-corrected chi connectivity index (χ4v) is 3.19. The quantitative estimate of drug-likeness (QED) is 0.549. The van der Waals surface area contributed by atoms with Crippen LogP contribution in [0.5, 0.6) is 5.75 Å². The Morgan fingerprint density at radius 1 is 1.25 bits per heavy atom. The average molecular weight is 410 g/mol. The highest BCUT2D eigenvalue weighted by atomic mass is 79.9. The number of aliphatic hydroxyl groups excluding tert-OH is 1. The summed E-state index contributed by atoms with van der Waals surface area (Å²) in [5.41, 5.74) is 1.11. The van der Waals surface area contributed by atoms with E-state index < -0.39 is 0 Å². The molecular formula is C14H22Br2N2O2. The minimum atomic E-state index is -0.305. The zero-order chi connectivity index (χ0) is 15.0. The molecule has 0 amide bonds. The summed E-state index contributed by atoms with van der Waals surface area (Å²) in [6, 6.07) is 4.05. The van der Waals surface area contributed by atoms with Crippen LogP contribution in [0.3, 0.4) is 0 Å². The summed E-state index contributed by atoms with van der Waals surface area (Å²) in [6.45, 7) is 7.41. The van der Waals surface area contributed by atoms with Crippen LogP contribution in [0.1, 0.15) is 19.4 Å². The molecule has 4 nitrogen and oxygen atoms in total. The van der Waals surface area contributed by atoms with Crippen LogP contribution < -0.4 is 15.4 Å². The lowest BCUT2D eigenvalue weighted by Crippen LogP contribution is -2.31. The van der Waals surface area contributed by atoms with Crippen molar-refractivity contribution >= 4 is 31.9 Å². The third-order valence-electron chi connectivity index (χ3n) is 2.61. The molecule has 1 rings (SSSR count). The molecule has 0 saturated heterocycles. The summed E-state index contributed by atoms with van der Waals surface area (Å²) in [5.74, 6) is 0.889. The van der Waals surface area contributed by atoms with Crippen molar-refractivity contribution in [2.75, 3.05) is 26.2 Å². The molecule has 0 radical (unpaired) electrons. The first-order chi connectivity index (χ1) is 9.54. The molecule has 3 N–H and O–H groups in total. The van der Waals surface area contributed by atoms with Crippen molar-refractivity contribution in [2.45, 2.75) is 26.5 Å². The molecule has 0 spiro atoms. The summed E-state index contributed by atoms with van der Waals surface area (Å²) >= 11 is 7.02. The van der Waals surface area contributed by atoms with E-state index in [0.717, 1.165) is 39.9 Å². The highest BCUT2D eigenvalue weighted by Crippen LogP contribution is 2.32. The zero-order valence-electron chi connectivity index (χ0n) is 11.9. The second kappa shape index (κ2) is 9.73. The van der Waals surface area contributed by atoms with Crippen LogP contribution in [0, 0.1) is 0 Å². The molecule has 20 heavy (non-hydrogen) atoms. The number of benzene rings is 1. The maximum atomic E-state index is 9.13. The van der Waals surface area contributed by atoms with Gasteiger partial charge in [0.2, 0.25) is 0 Å². The number of nitrogens with one attached hydrogen (secondary N) is 2. The Morgan fingerprint density at radius 2 is 1.95 bits per heavy atom. The maximum Gasteiger partial charge on any atom is 0.138 e. The van der Waals surface area contributed by atoms with Crippen LogP contribution in [0.25, 0.3) is 0 Å². The summed E-state index contributed by atoms with van der Waals surface area (Å²) in [7, 11) is 0. The fraction of sp³-hybridized carbons (Fsp3) is 0.571. The monoisotopic (exact) mass is 408 g/mol. The summed E-state index contributed by atoms with van der Waals surface area (Å²) in [5, 5.41) is 15.7. The molecule has 6 heteroatoms. The van der Waals surface area contributed by atoms with Crippen molar-refractivity contribution in [2.24, 2.45) is 0 Å². The molecule has 114 valence electrons. The van der Waals surface area contributed by atoms with Crippen molar-refractivity contribution in [1.29, 1.82) is 0 Å². The summed E-state index contributed by atoms with van der Waals surface area (Å²) in [6.07, 6.45) is -0.305. The van der Waals surface area contributed by atoms with E-state index in [2.05, 4.69) is 48.6 Å². The van der Waals surface area contributed by atoms with E-state index >= 15 is 0 Å². The molecule has 0 fully saturated rings. The molecule has 0 aromatic heterocycles. The standard InChI is InChI=1S/C14H22Br2N2O2/c1-3-20-14-11(6-12(15)7-13(14)16)9-18-5-4-17-8-10(2)19/h6-7,10,17-19H,3-5,8-9H2,1-2H3/t10-/m0/s1. The van der Waals surface area contributed by atoms with Gasteiger partial charge in [-0.15, -0.1) is 0 Å². The third kappa shape index (κ3) is 6.54. The van der Waals surface area contributed by atoms with Crippen molar-refractivity contribution in [1.82, 2.24) is 10.6 Å². The van der Waals surface area contributed by atoms with Gasteiger partial charge < -0.3 is 20.5 Å². The molecule has 0 bridgehead atoms. The van der Waals surface area contributed by atoms with Crippen molar-refractivity contribution in [3.63, 3.8) is 0 Å². The van der Waals surface area contributed by atoms with Gasteiger partial charge in [0.1, 0.15) is 5.75 Å². The second-order valence-electron chi connectivity index (χ2n) is 4.54. The number of hydrogen-bond acceptors (Lipinski definition) is 4. The van der Waals surface area contributed by atoms with E-state index in [1.54, 1.807) is 6.92 Å². The van der Waals surface area contributed by atoms with Crippen LogP contribution in [-0.2, 0) is 6.54 Å². The highest BCUT2D eigenvalue weighted by molar-refractivity contribution is 9.11. The SMILES string of the molecule is CCOc1c(Br)cc(Br)cc1CNCCNC[C@H](C)O. The normalized spacial score (nSPS) is 12.4. The van der Waals surface area contributed by atoms with Gasteiger partial charge in [-0.25, -0.2) is 0 Å². The van der Waals surface area contributed by atoms with Crippen molar-refractivity contribution in [3.8, 4) is 5.75 Å². The number of halogens is 2. The smallest absolute Gasteiger partial charge is 0.138 e. The predicted molar refractivity (Wildman–Crippen MR) is 89.3 cm³/mol. The minimum absolute atomic E-state index is 0.305. The van der Waals surface area contributed by atoms with Crippen LogP contribution in [0.15, 0.2) is 21.1 Å². The Kier molecular flexibility index (Phi) is 8.72. The number of aliphatic hydroxyl groups is 1. The van der Waals surface area contributed by atoms with Gasteiger partial charge in [-0.2, -0.15) is 0 Å². The molecule has 1 aromatic rings. The molecule has 1 aromatic carbocycles. The molecule has 1 atom stereocenters. The van der Waals surface area contributed by atoms with Gasteiger partial charge in [0, 0.05) is 36.2 Å². The zero-order valence-corrected chi connectivity index (χ0v) is 15.1. The van der Waals surface area contributed by atoms with Gasteiger partial charge in [-0.1, -0.05) is 15.9 Å². The Balaban J connectivity index is 2.46. The van der Waals surface area contributed by atoms with E-state index in [1.165, 1.54) is 0 Å².